The van der Waals surface area contributed by atoms with Gasteiger partial charge in [0.05, 0.1) is 17.2 Å². The number of fused-ring (bicyclic) bond motifs is 1. The standard InChI is InChI=1S/C25H20ClFN4O2/c26-17-5-3-4-16(10-17)25(32)29-19-11-18(27)12-21(13-19)33-20-6-7-22-23(14-20)30-24(15-28-22)31-8-1-2-9-31/h3-7,10-15H,1-2,8-9H2,(H,29,32). The largest absolute Gasteiger partial charge is 0.457 e. The molecule has 1 aliphatic rings. The molecular formula is C25H20ClFN4O2. The number of hydrogen-bond acceptors (Lipinski definition) is 5. The minimum absolute atomic E-state index is 0.249. The zero-order valence-corrected chi connectivity index (χ0v) is 18.3. The smallest absolute Gasteiger partial charge is 0.255 e. The van der Waals surface area contributed by atoms with Gasteiger partial charge in [-0.25, -0.2) is 9.37 Å². The number of halogens is 2. The molecule has 1 aromatic heterocycles. The van der Waals surface area contributed by atoms with Crippen LogP contribution in [-0.2, 0) is 0 Å². The highest BCUT2D eigenvalue weighted by Crippen LogP contribution is 2.29. The molecule has 8 heteroatoms. The fourth-order valence-corrected chi connectivity index (χ4v) is 4.00. The van der Waals surface area contributed by atoms with E-state index in [0.29, 0.717) is 21.9 Å². The van der Waals surface area contributed by atoms with Gasteiger partial charge in [0.25, 0.3) is 5.91 Å². The fraction of sp³-hybridized carbons (Fsp3) is 0.160. The molecule has 5 rings (SSSR count). The summed E-state index contributed by atoms with van der Waals surface area (Å²) in [7, 11) is 0. The Kier molecular flexibility index (Phi) is 5.79. The molecule has 1 fully saturated rings. The summed E-state index contributed by atoms with van der Waals surface area (Å²) < 4.78 is 20.1. The molecule has 0 spiro atoms. The lowest BCUT2D eigenvalue weighted by atomic mass is 10.2. The Morgan fingerprint density at radius 3 is 2.67 bits per heavy atom. The van der Waals surface area contributed by atoms with Crippen LogP contribution in [0, 0.1) is 5.82 Å². The minimum atomic E-state index is -0.536. The second-order valence-corrected chi connectivity index (χ2v) is 8.25. The Morgan fingerprint density at radius 2 is 1.85 bits per heavy atom. The molecule has 166 valence electrons. The number of ether oxygens (including phenoxy) is 1. The van der Waals surface area contributed by atoms with Gasteiger partial charge in [0.2, 0.25) is 0 Å². The Balaban J connectivity index is 1.37. The number of rotatable bonds is 5. The molecule has 0 radical (unpaired) electrons. The van der Waals surface area contributed by atoms with Gasteiger partial charge in [-0.05, 0) is 49.2 Å². The molecule has 1 amide bonds. The summed E-state index contributed by atoms with van der Waals surface area (Å²) >= 11 is 5.95. The first-order valence-electron chi connectivity index (χ1n) is 10.6. The number of nitrogens with one attached hydrogen (secondary N) is 1. The number of nitrogens with zero attached hydrogens (tertiary/aromatic N) is 3. The van der Waals surface area contributed by atoms with Gasteiger partial charge in [0.1, 0.15) is 23.1 Å². The van der Waals surface area contributed by atoms with Crippen LogP contribution in [0.15, 0.2) is 66.9 Å². The quantitative estimate of drug-likeness (QED) is 0.390. The average molecular weight is 463 g/mol. The van der Waals surface area contributed by atoms with Gasteiger partial charge in [-0.1, -0.05) is 17.7 Å². The molecule has 2 heterocycles. The molecule has 6 nitrogen and oxygen atoms in total. The van der Waals surface area contributed by atoms with Crippen LogP contribution in [0.1, 0.15) is 23.2 Å². The zero-order valence-electron chi connectivity index (χ0n) is 17.6. The number of benzene rings is 3. The van der Waals surface area contributed by atoms with Gasteiger partial charge in [0.15, 0.2) is 0 Å². The highest BCUT2D eigenvalue weighted by molar-refractivity contribution is 6.31. The van der Waals surface area contributed by atoms with Crippen molar-refractivity contribution in [3.8, 4) is 11.5 Å². The van der Waals surface area contributed by atoms with Crippen LogP contribution < -0.4 is 15.0 Å². The fourth-order valence-electron chi connectivity index (χ4n) is 3.81. The van der Waals surface area contributed by atoms with E-state index in [9.17, 15) is 9.18 Å². The lowest BCUT2D eigenvalue weighted by molar-refractivity contribution is 0.102. The third-order valence-electron chi connectivity index (χ3n) is 5.38. The minimum Gasteiger partial charge on any atom is -0.457 e. The van der Waals surface area contributed by atoms with Crippen LogP contribution >= 0.6 is 11.6 Å². The summed E-state index contributed by atoms with van der Waals surface area (Å²) in [6, 6.07) is 15.9. The zero-order chi connectivity index (χ0) is 22.8. The molecular weight excluding hydrogens is 443 g/mol. The first kappa shape index (κ1) is 21.2. The number of carbonyl (C=O) groups excluding carboxylic acids is 1. The van der Waals surface area contributed by atoms with Gasteiger partial charge < -0.3 is 15.0 Å². The van der Waals surface area contributed by atoms with Crippen molar-refractivity contribution < 1.29 is 13.9 Å². The second-order valence-electron chi connectivity index (χ2n) is 7.82. The number of amides is 1. The van der Waals surface area contributed by atoms with Crippen molar-refractivity contribution in [2.24, 2.45) is 0 Å². The maximum atomic E-state index is 14.2. The van der Waals surface area contributed by atoms with Crippen molar-refractivity contribution in [3.05, 3.63) is 83.3 Å². The third kappa shape index (κ3) is 4.88. The van der Waals surface area contributed by atoms with Gasteiger partial charge in [0, 0.05) is 47.6 Å². The van der Waals surface area contributed by atoms with E-state index in [1.54, 1.807) is 48.7 Å². The van der Waals surface area contributed by atoms with Crippen LogP contribution in [0.2, 0.25) is 5.02 Å². The molecule has 0 saturated carbocycles. The van der Waals surface area contributed by atoms with Gasteiger partial charge in [-0.15, -0.1) is 0 Å². The SMILES string of the molecule is O=C(Nc1cc(F)cc(Oc2ccc3ncc(N4CCCC4)nc3c2)c1)c1cccc(Cl)c1. The molecule has 1 saturated heterocycles. The highest BCUT2D eigenvalue weighted by atomic mass is 35.5. The van der Waals surface area contributed by atoms with Crippen LogP contribution in [0.3, 0.4) is 0 Å². The summed E-state index contributed by atoms with van der Waals surface area (Å²) in [5, 5.41) is 3.12. The highest BCUT2D eigenvalue weighted by Gasteiger charge is 2.15. The molecule has 0 atom stereocenters. The molecule has 0 aliphatic carbocycles. The van der Waals surface area contributed by atoms with Crippen molar-refractivity contribution in [3.63, 3.8) is 0 Å². The average Bonchev–Trinajstić information content (AvgIpc) is 3.33. The van der Waals surface area contributed by atoms with Crippen molar-refractivity contribution in [1.82, 2.24) is 9.97 Å². The lowest BCUT2D eigenvalue weighted by Gasteiger charge is -2.16. The summed E-state index contributed by atoms with van der Waals surface area (Å²) in [5.41, 5.74) is 2.09. The number of hydrogen-bond donors (Lipinski definition) is 1. The van der Waals surface area contributed by atoms with Crippen LogP contribution in [0.5, 0.6) is 11.5 Å². The summed E-state index contributed by atoms with van der Waals surface area (Å²) in [4.78, 5) is 23.9. The van der Waals surface area contributed by atoms with Crippen molar-refractivity contribution in [2.45, 2.75) is 12.8 Å². The maximum absolute atomic E-state index is 14.2. The van der Waals surface area contributed by atoms with E-state index in [0.717, 1.165) is 37.3 Å². The van der Waals surface area contributed by atoms with Crippen molar-refractivity contribution in [1.29, 1.82) is 0 Å². The molecule has 0 unspecified atom stereocenters. The van der Waals surface area contributed by atoms with Crippen molar-refractivity contribution >= 4 is 40.0 Å². The van der Waals surface area contributed by atoms with E-state index in [4.69, 9.17) is 21.3 Å². The van der Waals surface area contributed by atoms with E-state index in [1.807, 2.05) is 6.07 Å². The van der Waals surface area contributed by atoms with E-state index >= 15 is 0 Å². The van der Waals surface area contributed by atoms with Gasteiger partial charge in [-0.2, -0.15) is 0 Å². The predicted octanol–water partition coefficient (Wildman–Crippen LogP) is 6.07. The Bertz CT molecular complexity index is 1340. The number of anilines is 2. The van der Waals surface area contributed by atoms with Crippen LogP contribution in [0.25, 0.3) is 11.0 Å². The van der Waals surface area contributed by atoms with E-state index < -0.39 is 11.7 Å². The lowest BCUT2D eigenvalue weighted by Crippen LogP contribution is -2.19. The monoisotopic (exact) mass is 462 g/mol. The maximum Gasteiger partial charge on any atom is 0.255 e. The third-order valence-corrected chi connectivity index (χ3v) is 5.62. The Morgan fingerprint density at radius 1 is 1.00 bits per heavy atom. The molecule has 3 aromatic carbocycles. The molecule has 33 heavy (non-hydrogen) atoms. The number of carbonyl (C=O) groups is 1. The first-order valence-corrected chi connectivity index (χ1v) is 11.0. The Hall–Kier alpha value is -3.71. The molecule has 0 bridgehead atoms. The van der Waals surface area contributed by atoms with Gasteiger partial charge >= 0.3 is 0 Å². The molecule has 4 aromatic rings. The molecule has 1 aliphatic heterocycles. The predicted molar refractivity (Wildman–Crippen MR) is 127 cm³/mol. The van der Waals surface area contributed by atoms with Gasteiger partial charge in [-0.3, -0.25) is 9.78 Å². The number of aromatic nitrogens is 2. The molecule has 1 N–H and O–H groups in total. The summed E-state index contributed by atoms with van der Waals surface area (Å²) in [5.74, 6) is 0.650. The topological polar surface area (TPSA) is 67.3 Å². The second kappa shape index (κ2) is 9.03. The summed E-state index contributed by atoms with van der Waals surface area (Å²) in [6.45, 7) is 1.95. The normalized spacial score (nSPS) is 13.3. The summed E-state index contributed by atoms with van der Waals surface area (Å²) in [6.07, 6.45) is 4.09. The van der Waals surface area contributed by atoms with E-state index in [-0.39, 0.29) is 11.4 Å². The first-order chi connectivity index (χ1) is 16.0. The van der Waals surface area contributed by atoms with Crippen molar-refractivity contribution in [2.75, 3.05) is 23.3 Å². The van der Waals surface area contributed by atoms with Crippen LogP contribution in [0.4, 0.5) is 15.9 Å². The van der Waals surface area contributed by atoms with E-state index in [1.165, 1.54) is 12.1 Å². The Labute approximate surface area is 195 Å². The van der Waals surface area contributed by atoms with Crippen LogP contribution in [-0.4, -0.2) is 29.0 Å². The van der Waals surface area contributed by atoms with E-state index in [2.05, 4.69) is 15.2 Å².